The normalized spacial score (nSPS) is 10.3. The van der Waals surface area contributed by atoms with E-state index in [0.717, 1.165) is 3.57 Å². The molecule has 0 saturated carbocycles. The minimum absolute atomic E-state index is 0.134. The lowest BCUT2D eigenvalue weighted by atomic mass is 10.2. The number of amides is 1. The second-order valence-electron chi connectivity index (χ2n) is 4.54. The van der Waals surface area contributed by atoms with Gasteiger partial charge < -0.3 is 14.8 Å². The fourth-order valence-electron chi connectivity index (χ4n) is 1.86. The summed E-state index contributed by atoms with van der Waals surface area (Å²) in [6.45, 7) is 3.66. The van der Waals surface area contributed by atoms with Crippen LogP contribution in [-0.2, 0) is 4.74 Å². The SMILES string of the molecule is CCOCCOc1cccc(NC(=O)c2cccc(I)c2)c1. The second-order valence-corrected chi connectivity index (χ2v) is 5.78. The molecule has 2 aromatic rings. The summed E-state index contributed by atoms with van der Waals surface area (Å²) in [7, 11) is 0. The van der Waals surface area contributed by atoms with Crippen LogP contribution in [0.4, 0.5) is 5.69 Å². The fraction of sp³-hybridized carbons (Fsp3) is 0.235. The number of ether oxygens (including phenoxy) is 2. The molecule has 0 saturated heterocycles. The summed E-state index contributed by atoms with van der Waals surface area (Å²) in [5.74, 6) is 0.574. The highest BCUT2D eigenvalue weighted by Gasteiger charge is 2.07. The molecule has 0 aromatic heterocycles. The van der Waals surface area contributed by atoms with Crippen molar-refractivity contribution in [2.24, 2.45) is 0 Å². The molecule has 5 heteroatoms. The molecule has 0 spiro atoms. The van der Waals surface area contributed by atoms with Crippen molar-refractivity contribution >= 4 is 34.2 Å². The van der Waals surface area contributed by atoms with Crippen molar-refractivity contribution in [1.29, 1.82) is 0 Å². The van der Waals surface area contributed by atoms with Crippen LogP contribution in [0.25, 0.3) is 0 Å². The zero-order valence-electron chi connectivity index (χ0n) is 12.3. The molecule has 2 rings (SSSR count). The van der Waals surface area contributed by atoms with Crippen LogP contribution in [0.2, 0.25) is 0 Å². The topological polar surface area (TPSA) is 47.6 Å². The largest absolute Gasteiger partial charge is 0.491 e. The Labute approximate surface area is 144 Å². The summed E-state index contributed by atoms with van der Waals surface area (Å²) < 4.78 is 11.8. The minimum Gasteiger partial charge on any atom is -0.491 e. The van der Waals surface area contributed by atoms with Crippen LogP contribution < -0.4 is 10.1 Å². The van der Waals surface area contributed by atoms with Gasteiger partial charge in [-0.25, -0.2) is 0 Å². The Morgan fingerprint density at radius 2 is 1.95 bits per heavy atom. The van der Waals surface area contributed by atoms with E-state index in [-0.39, 0.29) is 5.91 Å². The van der Waals surface area contributed by atoms with Crippen molar-refractivity contribution in [1.82, 2.24) is 0 Å². The van der Waals surface area contributed by atoms with Gasteiger partial charge in [0.15, 0.2) is 0 Å². The Morgan fingerprint density at radius 3 is 2.73 bits per heavy atom. The second kappa shape index (κ2) is 8.75. The molecular weight excluding hydrogens is 393 g/mol. The molecule has 0 atom stereocenters. The van der Waals surface area contributed by atoms with Crippen molar-refractivity contribution in [3.8, 4) is 5.75 Å². The molecule has 4 nitrogen and oxygen atoms in total. The molecule has 0 heterocycles. The predicted octanol–water partition coefficient (Wildman–Crippen LogP) is 3.96. The summed E-state index contributed by atoms with van der Waals surface area (Å²) in [5, 5.41) is 2.87. The van der Waals surface area contributed by atoms with Gasteiger partial charge in [0.1, 0.15) is 12.4 Å². The first-order valence-electron chi connectivity index (χ1n) is 7.06. The smallest absolute Gasteiger partial charge is 0.255 e. The number of carbonyl (C=O) groups is 1. The number of anilines is 1. The highest BCUT2D eigenvalue weighted by Crippen LogP contribution is 2.18. The molecule has 0 aliphatic rings. The maximum Gasteiger partial charge on any atom is 0.255 e. The van der Waals surface area contributed by atoms with Crippen molar-refractivity contribution in [2.75, 3.05) is 25.1 Å². The number of rotatable bonds is 7. The summed E-state index contributed by atoms with van der Waals surface area (Å²) >= 11 is 2.19. The van der Waals surface area contributed by atoms with Gasteiger partial charge in [0, 0.05) is 27.5 Å². The van der Waals surface area contributed by atoms with E-state index in [4.69, 9.17) is 9.47 Å². The zero-order chi connectivity index (χ0) is 15.8. The van der Waals surface area contributed by atoms with Gasteiger partial charge in [-0.2, -0.15) is 0 Å². The summed E-state index contributed by atoms with van der Waals surface area (Å²) in [5.41, 5.74) is 1.34. The van der Waals surface area contributed by atoms with Gasteiger partial charge in [-0.1, -0.05) is 12.1 Å². The lowest BCUT2D eigenvalue weighted by molar-refractivity contribution is 0.102. The molecule has 0 fully saturated rings. The first kappa shape index (κ1) is 16.8. The van der Waals surface area contributed by atoms with E-state index in [9.17, 15) is 4.79 Å². The summed E-state index contributed by atoms with van der Waals surface area (Å²) in [4.78, 5) is 12.2. The number of hydrogen-bond acceptors (Lipinski definition) is 3. The first-order chi connectivity index (χ1) is 10.7. The molecular formula is C17H18INO3. The average Bonchev–Trinajstić information content (AvgIpc) is 2.52. The average molecular weight is 411 g/mol. The van der Waals surface area contributed by atoms with E-state index in [0.29, 0.717) is 36.8 Å². The van der Waals surface area contributed by atoms with E-state index in [1.165, 1.54) is 0 Å². The van der Waals surface area contributed by atoms with Crippen LogP contribution in [0.15, 0.2) is 48.5 Å². The third kappa shape index (κ3) is 5.31. The van der Waals surface area contributed by atoms with E-state index in [1.807, 2.05) is 43.3 Å². The Bertz CT molecular complexity index is 631. The molecule has 1 N–H and O–H groups in total. The summed E-state index contributed by atoms with van der Waals surface area (Å²) in [6.07, 6.45) is 0. The number of benzene rings is 2. The standard InChI is InChI=1S/C17H18INO3/c1-2-21-9-10-22-16-8-4-7-15(12-16)19-17(20)13-5-3-6-14(18)11-13/h3-8,11-12H,2,9-10H2,1H3,(H,19,20). The van der Waals surface area contributed by atoms with E-state index in [1.54, 1.807) is 12.1 Å². The Kier molecular flexibility index (Phi) is 6.67. The Morgan fingerprint density at radius 1 is 1.14 bits per heavy atom. The Hall–Kier alpha value is -1.60. The quantitative estimate of drug-likeness (QED) is 0.555. The fourth-order valence-corrected chi connectivity index (χ4v) is 2.40. The van der Waals surface area contributed by atoms with Crippen molar-refractivity contribution in [3.63, 3.8) is 0 Å². The third-order valence-electron chi connectivity index (χ3n) is 2.88. The van der Waals surface area contributed by atoms with Crippen LogP contribution in [-0.4, -0.2) is 25.7 Å². The molecule has 116 valence electrons. The van der Waals surface area contributed by atoms with Crippen molar-refractivity contribution in [3.05, 3.63) is 57.7 Å². The van der Waals surface area contributed by atoms with E-state index < -0.39 is 0 Å². The molecule has 0 radical (unpaired) electrons. The molecule has 22 heavy (non-hydrogen) atoms. The number of nitrogens with one attached hydrogen (secondary N) is 1. The number of hydrogen-bond donors (Lipinski definition) is 1. The van der Waals surface area contributed by atoms with Crippen molar-refractivity contribution in [2.45, 2.75) is 6.92 Å². The maximum atomic E-state index is 12.2. The molecule has 0 unspecified atom stereocenters. The Balaban J connectivity index is 1.96. The number of carbonyl (C=O) groups excluding carboxylic acids is 1. The van der Waals surface area contributed by atoms with Crippen LogP contribution in [0.5, 0.6) is 5.75 Å². The first-order valence-corrected chi connectivity index (χ1v) is 8.14. The molecule has 2 aromatic carbocycles. The highest BCUT2D eigenvalue weighted by molar-refractivity contribution is 14.1. The minimum atomic E-state index is -0.134. The van der Waals surface area contributed by atoms with E-state index >= 15 is 0 Å². The maximum absolute atomic E-state index is 12.2. The van der Waals surface area contributed by atoms with Gasteiger partial charge in [0.25, 0.3) is 5.91 Å². The van der Waals surface area contributed by atoms with Crippen LogP contribution in [0.3, 0.4) is 0 Å². The van der Waals surface area contributed by atoms with E-state index in [2.05, 4.69) is 27.9 Å². The van der Waals surface area contributed by atoms with Crippen LogP contribution in [0.1, 0.15) is 17.3 Å². The lowest BCUT2D eigenvalue weighted by Crippen LogP contribution is -2.12. The molecule has 1 amide bonds. The van der Waals surface area contributed by atoms with Crippen LogP contribution in [0, 0.1) is 3.57 Å². The van der Waals surface area contributed by atoms with Gasteiger partial charge in [0.05, 0.1) is 6.61 Å². The highest BCUT2D eigenvalue weighted by atomic mass is 127. The van der Waals surface area contributed by atoms with Crippen molar-refractivity contribution < 1.29 is 14.3 Å². The third-order valence-corrected chi connectivity index (χ3v) is 3.55. The van der Waals surface area contributed by atoms with Crippen LogP contribution >= 0.6 is 22.6 Å². The summed E-state index contributed by atoms with van der Waals surface area (Å²) in [6, 6.07) is 14.8. The number of halogens is 1. The van der Waals surface area contributed by atoms with Gasteiger partial charge in [-0.3, -0.25) is 4.79 Å². The van der Waals surface area contributed by atoms with Gasteiger partial charge in [-0.05, 0) is 59.8 Å². The predicted molar refractivity (Wildman–Crippen MR) is 95.5 cm³/mol. The monoisotopic (exact) mass is 411 g/mol. The zero-order valence-corrected chi connectivity index (χ0v) is 14.5. The van der Waals surface area contributed by atoms with Gasteiger partial charge >= 0.3 is 0 Å². The molecule has 0 bridgehead atoms. The molecule has 0 aliphatic carbocycles. The van der Waals surface area contributed by atoms with Gasteiger partial charge in [0.2, 0.25) is 0 Å². The van der Waals surface area contributed by atoms with Gasteiger partial charge in [-0.15, -0.1) is 0 Å². The lowest BCUT2D eigenvalue weighted by Gasteiger charge is -2.09. The molecule has 0 aliphatic heterocycles.